The molecule has 0 unspecified atom stereocenters. The van der Waals surface area contributed by atoms with Crippen LogP contribution in [0.1, 0.15) is 24.4 Å². The molecular weight excluding hydrogens is 337 g/mol. The van der Waals surface area contributed by atoms with Crippen LogP contribution in [-0.4, -0.2) is 23.2 Å². The topological polar surface area (TPSA) is 77.3 Å². The van der Waals surface area contributed by atoms with Crippen molar-refractivity contribution in [2.45, 2.75) is 19.4 Å². The lowest BCUT2D eigenvalue weighted by atomic mass is 10.1. The first-order valence-electron chi connectivity index (χ1n) is 8.07. The zero-order chi connectivity index (χ0) is 18.5. The van der Waals surface area contributed by atoms with Gasteiger partial charge < -0.3 is 14.6 Å². The van der Waals surface area contributed by atoms with Crippen LogP contribution in [0.15, 0.2) is 53.1 Å². The number of nitrogens with one attached hydrogen (secondary N) is 1. The predicted molar refractivity (Wildman–Crippen MR) is 92.9 cm³/mol. The number of hydrogen-bond donors (Lipinski definition) is 1. The van der Waals surface area contributed by atoms with Gasteiger partial charge in [-0.2, -0.15) is 4.98 Å². The molecule has 1 N–H and O–H groups in total. The van der Waals surface area contributed by atoms with Gasteiger partial charge in [0.15, 0.2) is 0 Å². The quantitative estimate of drug-likeness (QED) is 0.734. The van der Waals surface area contributed by atoms with Gasteiger partial charge in [0.05, 0.1) is 13.5 Å². The predicted octanol–water partition coefficient (Wildman–Crippen LogP) is 3.30. The summed E-state index contributed by atoms with van der Waals surface area (Å²) in [5.74, 6) is 0.928. The molecule has 6 nitrogen and oxygen atoms in total. The van der Waals surface area contributed by atoms with Crippen molar-refractivity contribution in [2.24, 2.45) is 0 Å². The lowest BCUT2D eigenvalue weighted by Gasteiger charge is -2.09. The molecule has 0 saturated heterocycles. The summed E-state index contributed by atoms with van der Waals surface area (Å²) in [6, 6.07) is 12.6. The van der Waals surface area contributed by atoms with E-state index in [-0.39, 0.29) is 18.1 Å². The Morgan fingerprint density at radius 1 is 1.19 bits per heavy atom. The van der Waals surface area contributed by atoms with Crippen molar-refractivity contribution in [3.8, 4) is 17.1 Å². The summed E-state index contributed by atoms with van der Waals surface area (Å²) in [4.78, 5) is 16.4. The van der Waals surface area contributed by atoms with E-state index in [0.717, 1.165) is 16.9 Å². The molecule has 0 radical (unpaired) electrons. The molecule has 0 bridgehead atoms. The number of carbonyl (C=O) groups is 1. The first kappa shape index (κ1) is 17.6. The Morgan fingerprint density at radius 2 is 1.88 bits per heavy atom. The number of aromatic nitrogens is 2. The summed E-state index contributed by atoms with van der Waals surface area (Å²) >= 11 is 0. The van der Waals surface area contributed by atoms with Gasteiger partial charge in [0.2, 0.25) is 17.6 Å². The van der Waals surface area contributed by atoms with Crippen LogP contribution >= 0.6 is 0 Å². The number of rotatable bonds is 6. The Bertz CT molecular complexity index is 876. The van der Waals surface area contributed by atoms with E-state index in [0.29, 0.717) is 11.7 Å². The van der Waals surface area contributed by atoms with Crippen LogP contribution in [0.3, 0.4) is 0 Å². The van der Waals surface area contributed by atoms with E-state index in [1.54, 1.807) is 38.3 Å². The summed E-state index contributed by atoms with van der Waals surface area (Å²) in [6.45, 7) is 1.76. The molecule has 0 aliphatic rings. The fraction of sp³-hybridized carbons (Fsp3) is 0.211. The minimum atomic E-state index is -0.442. The smallest absolute Gasteiger partial charge is 0.249 e. The highest BCUT2D eigenvalue weighted by Crippen LogP contribution is 2.21. The highest BCUT2D eigenvalue weighted by Gasteiger charge is 2.17. The van der Waals surface area contributed by atoms with Gasteiger partial charge in [-0.1, -0.05) is 17.3 Å². The second kappa shape index (κ2) is 7.77. The lowest BCUT2D eigenvalue weighted by molar-refractivity contribution is -0.121. The molecule has 3 aromatic rings. The first-order valence-corrected chi connectivity index (χ1v) is 8.07. The number of benzene rings is 2. The van der Waals surface area contributed by atoms with Crippen LogP contribution < -0.4 is 10.1 Å². The van der Waals surface area contributed by atoms with Gasteiger partial charge in [0, 0.05) is 5.56 Å². The van der Waals surface area contributed by atoms with E-state index < -0.39 is 6.04 Å². The maximum absolute atomic E-state index is 12.9. The summed E-state index contributed by atoms with van der Waals surface area (Å²) in [5.41, 5.74) is 1.51. The van der Waals surface area contributed by atoms with Crippen molar-refractivity contribution >= 4 is 5.91 Å². The Morgan fingerprint density at radius 3 is 2.54 bits per heavy atom. The van der Waals surface area contributed by atoms with Crippen molar-refractivity contribution in [3.05, 3.63) is 65.8 Å². The zero-order valence-electron chi connectivity index (χ0n) is 14.4. The number of halogens is 1. The number of ether oxygens (including phenoxy) is 1. The average Bonchev–Trinajstić information content (AvgIpc) is 3.14. The number of amides is 1. The van der Waals surface area contributed by atoms with Gasteiger partial charge in [-0.05, 0) is 48.9 Å². The van der Waals surface area contributed by atoms with E-state index in [1.165, 1.54) is 12.1 Å². The van der Waals surface area contributed by atoms with Crippen LogP contribution in [0.2, 0.25) is 0 Å². The molecule has 26 heavy (non-hydrogen) atoms. The minimum Gasteiger partial charge on any atom is -0.497 e. The maximum atomic E-state index is 12.9. The molecule has 0 fully saturated rings. The van der Waals surface area contributed by atoms with Gasteiger partial charge in [-0.15, -0.1) is 0 Å². The molecule has 1 amide bonds. The molecule has 0 spiro atoms. The molecule has 3 rings (SSSR count). The molecule has 0 aliphatic carbocycles. The fourth-order valence-electron chi connectivity index (χ4n) is 2.41. The van der Waals surface area contributed by atoms with Gasteiger partial charge in [0.25, 0.3) is 0 Å². The molecule has 0 saturated carbocycles. The normalized spacial score (nSPS) is 11.8. The molecule has 7 heteroatoms. The van der Waals surface area contributed by atoms with E-state index in [9.17, 15) is 9.18 Å². The number of hydrogen-bond acceptors (Lipinski definition) is 5. The van der Waals surface area contributed by atoms with Crippen molar-refractivity contribution in [3.63, 3.8) is 0 Å². The third-order valence-electron chi connectivity index (χ3n) is 3.82. The Labute approximate surface area is 150 Å². The molecule has 2 aromatic carbocycles. The van der Waals surface area contributed by atoms with Gasteiger partial charge in [-0.3, -0.25) is 4.79 Å². The summed E-state index contributed by atoms with van der Waals surface area (Å²) in [5, 5.41) is 6.74. The average molecular weight is 355 g/mol. The SMILES string of the molecule is COc1ccc(-c2noc([C@H](C)NC(=O)Cc3ccc(F)cc3)n2)cc1. The molecular formula is C19H18FN3O3. The molecule has 1 heterocycles. The lowest BCUT2D eigenvalue weighted by Crippen LogP contribution is -2.28. The number of carbonyl (C=O) groups excluding carboxylic acids is 1. The highest BCUT2D eigenvalue weighted by atomic mass is 19.1. The highest BCUT2D eigenvalue weighted by molar-refractivity contribution is 5.78. The van der Waals surface area contributed by atoms with Crippen LogP contribution in [0.5, 0.6) is 5.75 Å². The Kier molecular flexibility index (Phi) is 5.26. The second-order valence-corrected chi connectivity index (χ2v) is 5.78. The van der Waals surface area contributed by atoms with Gasteiger partial charge in [-0.25, -0.2) is 4.39 Å². The van der Waals surface area contributed by atoms with Crippen LogP contribution in [0.4, 0.5) is 4.39 Å². The van der Waals surface area contributed by atoms with E-state index in [4.69, 9.17) is 9.26 Å². The van der Waals surface area contributed by atoms with Crippen LogP contribution in [0.25, 0.3) is 11.4 Å². The maximum Gasteiger partial charge on any atom is 0.249 e. The number of nitrogens with zero attached hydrogens (tertiary/aromatic N) is 2. The van der Waals surface area contributed by atoms with Crippen LogP contribution in [0, 0.1) is 5.82 Å². The monoisotopic (exact) mass is 355 g/mol. The zero-order valence-corrected chi connectivity index (χ0v) is 14.4. The standard InChI is InChI=1S/C19H18FN3O3/c1-12(21-17(24)11-13-3-7-15(20)8-4-13)19-22-18(23-26-19)14-5-9-16(25-2)10-6-14/h3-10,12H,11H2,1-2H3,(H,21,24)/t12-/m0/s1. The molecule has 1 atom stereocenters. The van der Waals surface area contributed by atoms with Crippen molar-refractivity contribution in [2.75, 3.05) is 7.11 Å². The minimum absolute atomic E-state index is 0.143. The summed E-state index contributed by atoms with van der Waals surface area (Å²) in [6.07, 6.45) is 0.143. The Balaban J connectivity index is 1.62. The molecule has 0 aliphatic heterocycles. The molecule has 134 valence electrons. The third kappa shape index (κ3) is 4.24. The summed E-state index contributed by atoms with van der Waals surface area (Å²) < 4.78 is 23.3. The first-order chi connectivity index (χ1) is 12.5. The summed E-state index contributed by atoms with van der Waals surface area (Å²) in [7, 11) is 1.60. The third-order valence-corrected chi connectivity index (χ3v) is 3.82. The largest absolute Gasteiger partial charge is 0.497 e. The molecule has 1 aromatic heterocycles. The Hall–Kier alpha value is -3.22. The van der Waals surface area contributed by atoms with Crippen LogP contribution in [-0.2, 0) is 11.2 Å². The van der Waals surface area contributed by atoms with Crippen molar-refractivity contribution in [1.82, 2.24) is 15.5 Å². The van der Waals surface area contributed by atoms with E-state index in [1.807, 2.05) is 12.1 Å². The van der Waals surface area contributed by atoms with E-state index >= 15 is 0 Å². The second-order valence-electron chi connectivity index (χ2n) is 5.78. The van der Waals surface area contributed by atoms with E-state index in [2.05, 4.69) is 15.5 Å². The van der Waals surface area contributed by atoms with Crippen molar-refractivity contribution in [1.29, 1.82) is 0 Å². The van der Waals surface area contributed by atoms with Crippen molar-refractivity contribution < 1.29 is 18.4 Å². The van der Waals surface area contributed by atoms with Gasteiger partial charge >= 0.3 is 0 Å². The fourth-order valence-corrected chi connectivity index (χ4v) is 2.41. The number of methoxy groups -OCH3 is 1. The van der Waals surface area contributed by atoms with Gasteiger partial charge in [0.1, 0.15) is 17.6 Å².